The summed E-state index contributed by atoms with van der Waals surface area (Å²) in [6.45, 7) is 6.25. The van der Waals surface area contributed by atoms with Crippen molar-refractivity contribution < 1.29 is 9.53 Å². The monoisotopic (exact) mass is 605 g/mol. The smallest absolute Gasteiger partial charge is 0.307 e. The molecule has 0 unspecified atom stereocenters. The maximum absolute atomic E-state index is 12.7. The Morgan fingerprint density at radius 2 is 1.58 bits per heavy atom. The van der Waals surface area contributed by atoms with Crippen LogP contribution in [0.4, 0.5) is 23.1 Å². The molecule has 0 amide bonds. The van der Waals surface area contributed by atoms with Crippen molar-refractivity contribution in [2.24, 2.45) is 0 Å². The first-order valence-corrected chi connectivity index (χ1v) is 16.2. The number of esters is 1. The zero-order chi connectivity index (χ0) is 32.3. The lowest BCUT2D eigenvalue weighted by Crippen LogP contribution is -2.25. The largest absolute Gasteiger partial charge is 0.444 e. The molecule has 0 fully saturated rings. The van der Waals surface area contributed by atoms with Gasteiger partial charge in [0.2, 0.25) is 5.95 Å². The van der Waals surface area contributed by atoms with Crippen LogP contribution < -0.4 is 10.2 Å². The van der Waals surface area contributed by atoms with Crippen molar-refractivity contribution in [1.82, 2.24) is 9.97 Å². The number of allylic oxidation sites excluding steroid dienone is 1. The van der Waals surface area contributed by atoms with E-state index in [2.05, 4.69) is 23.1 Å². The SMILES string of the molecule is C#Cc1ccc(N(COC(=O)CCCCCCCCCCCCC)c2nccc(Nc3c(C)cc(/C=C/C#N)cc3C)n2)cc1. The average molecular weight is 606 g/mol. The van der Waals surface area contributed by atoms with E-state index in [0.717, 1.165) is 52.9 Å². The summed E-state index contributed by atoms with van der Waals surface area (Å²) in [4.78, 5) is 23.7. The molecule has 1 aromatic heterocycles. The van der Waals surface area contributed by atoms with Gasteiger partial charge >= 0.3 is 5.97 Å². The Kier molecular flexibility index (Phi) is 15.2. The Morgan fingerprint density at radius 3 is 2.18 bits per heavy atom. The maximum Gasteiger partial charge on any atom is 0.307 e. The van der Waals surface area contributed by atoms with Gasteiger partial charge in [0.25, 0.3) is 0 Å². The first-order valence-electron chi connectivity index (χ1n) is 16.2. The van der Waals surface area contributed by atoms with Crippen LogP contribution in [0.2, 0.25) is 0 Å². The number of carbonyl (C=O) groups is 1. The molecule has 0 atom stereocenters. The predicted molar refractivity (Wildman–Crippen MR) is 184 cm³/mol. The van der Waals surface area contributed by atoms with Crippen LogP contribution >= 0.6 is 0 Å². The van der Waals surface area contributed by atoms with E-state index >= 15 is 0 Å². The minimum atomic E-state index is -0.234. The van der Waals surface area contributed by atoms with E-state index in [0.29, 0.717) is 18.2 Å². The Bertz CT molecular complexity index is 1440. The third-order valence-electron chi connectivity index (χ3n) is 7.73. The molecular weight excluding hydrogens is 558 g/mol. The van der Waals surface area contributed by atoms with Crippen molar-refractivity contribution in [3.8, 4) is 18.4 Å². The molecule has 2 aromatic carbocycles. The highest BCUT2D eigenvalue weighted by molar-refractivity contribution is 5.71. The van der Waals surface area contributed by atoms with Crippen LogP contribution in [0.5, 0.6) is 0 Å². The van der Waals surface area contributed by atoms with Crippen LogP contribution in [0.25, 0.3) is 6.08 Å². The molecule has 0 aliphatic heterocycles. The van der Waals surface area contributed by atoms with Gasteiger partial charge in [-0.15, -0.1) is 6.42 Å². The molecule has 0 spiro atoms. The fourth-order valence-corrected chi connectivity index (χ4v) is 5.23. The zero-order valence-electron chi connectivity index (χ0n) is 27.1. The van der Waals surface area contributed by atoms with Crippen molar-refractivity contribution >= 4 is 35.2 Å². The summed E-state index contributed by atoms with van der Waals surface area (Å²) in [6.07, 6.45) is 24.4. The molecule has 1 N–H and O–H groups in total. The first kappa shape index (κ1) is 34.9. The lowest BCUT2D eigenvalue weighted by Gasteiger charge is -2.23. The second-order valence-corrected chi connectivity index (χ2v) is 11.4. The van der Waals surface area contributed by atoms with E-state index in [1.807, 2.05) is 56.3 Å². The fraction of sp³-hybridized carbons (Fsp3) is 0.421. The number of hydrogen-bond acceptors (Lipinski definition) is 7. The average Bonchev–Trinajstić information content (AvgIpc) is 3.05. The third-order valence-corrected chi connectivity index (χ3v) is 7.73. The van der Waals surface area contributed by atoms with Crippen LogP contribution in [0, 0.1) is 37.5 Å². The number of ether oxygens (including phenoxy) is 1. The summed E-state index contributed by atoms with van der Waals surface area (Å²) >= 11 is 0. The number of aromatic nitrogens is 2. The van der Waals surface area contributed by atoms with Crippen molar-refractivity contribution in [3.63, 3.8) is 0 Å². The molecule has 0 saturated carbocycles. The molecule has 45 heavy (non-hydrogen) atoms. The normalized spacial score (nSPS) is 10.8. The first-order chi connectivity index (χ1) is 21.9. The van der Waals surface area contributed by atoms with Gasteiger partial charge in [0.15, 0.2) is 6.73 Å². The van der Waals surface area contributed by atoms with Gasteiger partial charge in [-0.2, -0.15) is 10.2 Å². The number of nitrogens with one attached hydrogen (secondary N) is 1. The van der Waals surface area contributed by atoms with E-state index in [1.54, 1.807) is 23.2 Å². The molecule has 0 aliphatic carbocycles. The molecule has 7 heteroatoms. The van der Waals surface area contributed by atoms with Gasteiger partial charge in [0.1, 0.15) is 5.82 Å². The lowest BCUT2D eigenvalue weighted by molar-refractivity contribution is -0.143. The van der Waals surface area contributed by atoms with Gasteiger partial charge in [-0.05, 0) is 85.5 Å². The minimum Gasteiger partial charge on any atom is -0.444 e. The van der Waals surface area contributed by atoms with Gasteiger partial charge in [0, 0.05) is 35.6 Å². The van der Waals surface area contributed by atoms with Crippen LogP contribution in [0.1, 0.15) is 106 Å². The minimum absolute atomic E-state index is 0.0201. The highest BCUT2D eigenvalue weighted by Gasteiger charge is 2.16. The molecule has 0 bridgehead atoms. The molecular formula is C38H47N5O2. The van der Waals surface area contributed by atoms with Gasteiger partial charge in [-0.25, -0.2) is 4.98 Å². The predicted octanol–water partition coefficient (Wildman–Crippen LogP) is 9.70. The van der Waals surface area contributed by atoms with E-state index in [9.17, 15) is 4.79 Å². The molecule has 0 aliphatic rings. The van der Waals surface area contributed by atoms with Crippen LogP contribution in [0.3, 0.4) is 0 Å². The standard InChI is InChI=1S/C38H47N5O2/c1-5-7-8-9-10-11-12-13-14-15-16-19-36(44)45-29-43(34-22-20-32(6-2)21-23-34)38-40-26-24-35(42-38)41-37-30(3)27-33(18-17-25-39)28-31(37)4/h2,17-18,20-24,26-28H,5,7-16,19,29H2,1,3-4H3,(H,40,41,42)/b18-17+. The second-order valence-electron chi connectivity index (χ2n) is 11.4. The molecule has 3 aromatic rings. The van der Waals surface area contributed by atoms with Gasteiger partial charge in [-0.3, -0.25) is 9.69 Å². The van der Waals surface area contributed by atoms with E-state index < -0.39 is 0 Å². The number of unbranched alkanes of at least 4 members (excludes halogenated alkanes) is 10. The molecule has 3 rings (SSSR count). The zero-order valence-corrected chi connectivity index (χ0v) is 27.1. The number of terminal acetylenes is 1. The third kappa shape index (κ3) is 12.1. The van der Waals surface area contributed by atoms with Crippen LogP contribution in [-0.2, 0) is 9.53 Å². The molecule has 0 radical (unpaired) electrons. The summed E-state index contributed by atoms with van der Waals surface area (Å²) in [7, 11) is 0. The Hall–Kier alpha value is -4.62. The number of nitrogens with zero attached hydrogens (tertiary/aromatic N) is 4. The highest BCUT2D eigenvalue weighted by atomic mass is 16.5. The van der Waals surface area contributed by atoms with Crippen molar-refractivity contribution in [2.75, 3.05) is 16.9 Å². The molecule has 7 nitrogen and oxygen atoms in total. The van der Waals surface area contributed by atoms with Crippen LogP contribution in [0.15, 0.2) is 54.7 Å². The van der Waals surface area contributed by atoms with E-state index in [1.165, 1.54) is 57.4 Å². The fourth-order valence-electron chi connectivity index (χ4n) is 5.23. The summed E-state index contributed by atoms with van der Waals surface area (Å²) in [5, 5.41) is 12.3. The molecule has 236 valence electrons. The maximum atomic E-state index is 12.7. The van der Waals surface area contributed by atoms with Crippen molar-refractivity contribution in [2.45, 2.75) is 97.8 Å². The quantitative estimate of drug-likeness (QED) is 0.0478. The topological polar surface area (TPSA) is 91.1 Å². The second kappa shape index (κ2) is 19.6. The number of carbonyl (C=O) groups excluding carboxylic acids is 1. The summed E-state index contributed by atoms with van der Waals surface area (Å²) < 4.78 is 5.72. The van der Waals surface area contributed by atoms with Gasteiger partial charge < -0.3 is 10.1 Å². The van der Waals surface area contributed by atoms with Crippen molar-refractivity contribution in [3.05, 3.63) is 77.0 Å². The number of benzene rings is 2. The Labute approximate surface area is 269 Å². The van der Waals surface area contributed by atoms with Gasteiger partial charge in [-0.1, -0.05) is 77.1 Å². The molecule has 1 heterocycles. The Morgan fingerprint density at radius 1 is 0.956 bits per heavy atom. The summed E-state index contributed by atoms with van der Waals surface area (Å²) in [6, 6.07) is 15.3. The summed E-state index contributed by atoms with van der Waals surface area (Å²) in [5.74, 6) is 3.39. The molecule has 0 saturated heterocycles. The highest BCUT2D eigenvalue weighted by Crippen LogP contribution is 2.28. The van der Waals surface area contributed by atoms with E-state index in [-0.39, 0.29) is 12.7 Å². The van der Waals surface area contributed by atoms with Gasteiger partial charge in [0.05, 0.1) is 6.07 Å². The Balaban J connectivity index is 1.60. The number of hydrogen-bond donors (Lipinski definition) is 1. The van der Waals surface area contributed by atoms with Crippen LogP contribution in [-0.4, -0.2) is 22.7 Å². The number of aryl methyl sites for hydroxylation is 2. The number of rotatable bonds is 19. The number of nitriles is 1. The van der Waals surface area contributed by atoms with E-state index in [4.69, 9.17) is 21.4 Å². The lowest BCUT2D eigenvalue weighted by atomic mass is 10.0. The van der Waals surface area contributed by atoms with Crippen molar-refractivity contribution in [1.29, 1.82) is 5.26 Å². The summed E-state index contributed by atoms with van der Waals surface area (Å²) in [5.41, 5.74) is 5.43. The number of anilines is 4.